The van der Waals surface area contributed by atoms with Crippen molar-refractivity contribution in [3.63, 3.8) is 0 Å². The molecule has 110 valence electrons. The first-order chi connectivity index (χ1) is 8.90. The number of aliphatic hydroxyl groups excluding tert-OH is 1. The van der Waals surface area contributed by atoms with E-state index in [4.69, 9.17) is 5.11 Å². The first-order valence-corrected chi connectivity index (χ1v) is 8.88. The SMILES string of the molecule is CCCC(CCO)CNS(=O)(=O)c1cc(C)sc1C. The van der Waals surface area contributed by atoms with Gasteiger partial charge < -0.3 is 5.11 Å². The molecule has 19 heavy (non-hydrogen) atoms. The number of aryl methyl sites for hydroxylation is 2. The highest BCUT2D eigenvalue weighted by Crippen LogP contribution is 2.25. The van der Waals surface area contributed by atoms with Crippen molar-refractivity contribution < 1.29 is 13.5 Å². The van der Waals surface area contributed by atoms with Crippen molar-refractivity contribution in [3.05, 3.63) is 15.8 Å². The Morgan fingerprint density at radius 3 is 2.53 bits per heavy atom. The highest BCUT2D eigenvalue weighted by molar-refractivity contribution is 7.89. The topological polar surface area (TPSA) is 66.4 Å². The van der Waals surface area contributed by atoms with E-state index in [9.17, 15) is 8.42 Å². The molecule has 0 amide bonds. The predicted molar refractivity (Wildman–Crippen MR) is 79.1 cm³/mol. The van der Waals surface area contributed by atoms with Gasteiger partial charge in [0.15, 0.2) is 0 Å². The third-order valence-electron chi connectivity index (χ3n) is 3.08. The summed E-state index contributed by atoms with van der Waals surface area (Å²) >= 11 is 1.49. The highest BCUT2D eigenvalue weighted by atomic mass is 32.2. The third-order valence-corrected chi connectivity index (χ3v) is 5.73. The Morgan fingerprint density at radius 2 is 2.05 bits per heavy atom. The van der Waals surface area contributed by atoms with E-state index in [0.717, 1.165) is 22.6 Å². The summed E-state index contributed by atoms with van der Waals surface area (Å²) < 4.78 is 27.1. The Kier molecular flexibility index (Phi) is 6.46. The van der Waals surface area contributed by atoms with Gasteiger partial charge in [0.2, 0.25) is 10.0 Å². The zero-order valence-corrected chi connectivity index (χ0v) is 13.4. The molecule has 1 aromatic heterocycles. The maximum absolute atomic E-state index is 12.2. The Hall–Kier alpha value is -0.430. The summed E-state index contributed by atoms with van der Waals surface area (Å²) in [6.07, 6.45) is 2.55. The number of aliphatic hydroxyl groups is 1. The van der Waals surface area contributed by atoms with Crippen molar-refractivity contribution in [2.75, 3.05) is 13.2 Å². The molecule has 0 aliphatic heterocycles. The van der Waals surface area contributed by atoms with Gasteiger partial charge in [0.05, 0.1) is 4.90 Å². The van der Waals surface area contributed by atoms with Gasteiger partial charge in [-0.2, -0.15) is 0 Å². The molecule has 0 saturated carbocycles. The fourth-order valence-electron chi connectivity index (χ4n) is 2.12. The maximum atomic E-state index is 12.2. The van der Waals surface area contributed by atoms with Crippen molar-refractivity contribution in [2.24, 2.45) is 5.92 Å². The van der Waals surface area contributed by atoms with Gasteiger partial charge in [-0.1, -0.05) is 13.3 Å². The molecule has 1 unspecified atom stereocenters. The molecule has 1 heterocycles. The lowest BCUT2D eigenvalue weighted by Gasteiger charge is -2.15. The second kappa shape index (κ2) is 7.38. The fourth-order valence-corrected chi connectivity index (χ4v) is 4.79. The average Bonchev–Trinajstić information content (AvgIpc) is 2.67. The van der Waals surface area contributed by atoms with Gasteiger partial charge in [0.1, 0.15) is 0 Å². The molecule has 0 aliphatic rings. The molecule has 6 heteroatoms. The molecule has 0 aromatic carbocycles. The largest absolute Gasteiger partial charge is 0.396 e. The molecule has 1 rings (SSSR count). The zero-order valence-electron chi connectivity index (χ0n) is 11.8. The van der Waals surface area contributed by atoms with Crippen LogP contribution in [0.2, 0.25) is 0 Å². The molecule has 0 aliphatic carbocycles. The van der Waals surface area contributed by atoms with E-state index in [-0.39, 0.29) is 12.5 Å². The molecule has 0 spiro atoms. The Balaban J connectivity index is 2.72. The molecular formula is C13H23NO3S2. The lowest BCUT2D eigenvalue weighted by Crippen LogP contribution is -2.30. The predicted octanol–water partition coefficient (Wildman–Crippen LogP) is 2.44. The molecule has 1 aromatic rings. The fraction of sp³-hybridized carbons (Fsp3) is 0.692. The molecule has 0 radical (unpaired) electrons. The normalized spacial score (nSPS) is 13.7. The first-order valence-electron chi connectivity index (χ1n) is 6.58. The summed E-state index contributed by atoms with van der Waals surface area (Å²) in [6, 6.07) is 1.71. The van der Waals surface area contributed by atoms with Crippen LogP contribution in [0.1, 0.15) is 35.9 Å². The Morgan fingerprint density at radius 1 is 1.37 bits per heavy atom. The minimum Gasteiger partial charge on any atom is -0.396 e. The van der Waals surface area contributed by atoms with Crippen molar-refractivity contribution in [1.29, 1.82) is 0 Å². The van der Waals surface area contributed by atoms with E-state index >= 15 is 0 Å². The summed E-state index contributed by atoms with van der Waals surface area (Å²) in [5.74, 6) is 0.199. The second-order valence-electron chi connectivity index (χ2n) is 4.80. The van der Waals surface area contributed by atoms with E-state index in [0.29, 0.717) is 17.9 Å². The van der Waals surface area contributed by atoms with E-state index in [1.807, 2.05) is 13.8 Å². The number of sulfonamides is 1. The summed E-state index contributed by atoms with van der Waals surface area (Å²) in [7, 11) is -3.42. The minimum atomic E-state index is -3.42. The lowest BCUT2D eigenvalue weighted by molar-refractivity contribution is 0.251. The number of rotatable bonds is 8. The van der Waals surface area contributed by atoms with Crippen LogP contribution in [0.15, 0.2) is 11.0 Å². The third kappa shape index (κ3) is 4.87. The van der Waals surface area contributed by atoms with Crippen LogP contribution >= 0.6 is 11.3 Å². The van der Waals surface area contributed by atoms with Gasteiger partial charge in [-0.25, -0.2) is 13.1 Å². The number of hydrogen-bond acceptors (Lipinski definition) is 4. The van der Waals surface area contributed by atoms with Crippen molar-refractivity contribution in [2.45, 2.75) is 44.9 Å². The van der Waals surface area contributed by atoms with E-state index in [1.54, 1.807) is 6.07 Å². The summed E-state index contributed by atoms with van der Waals surface area (Å²) in [6.45, 7) is 6.28. The van der Waals surface area contributed by atoms with Gasteiger partial charge in [0.25, 0.3) is 0 Å². The Labute approximate surface area is 119 Å². The number of nitrogens with one attached hydrogen (secondary N) is 1. The van der Waals surface area contributed by atoms with Crippen LogP contribution in [0.25, 0.3) is 0 Å². The van der Waals surface area contributed by atoms with Gasteiger partial charge in [-0.05, 0) is 38.7 Å². The second-order valence-corrected chi connectivity index (χ2v) is 7.99. The van der Waals surface area contributed by atoms with Crippen LogP contribution in [0.4, 0.5) is 0 Å². The summed E-state index contributed by atoms with van der Waals surface area (Å²) in [4.78, 5) is 2.20. The van der Waals surface area contributed by atoms with Crippen molar-refractivity contribution in [3.8, 4) is 0 Å². The number of hydrogen-bond donors (Lipinski definition) is 2. The van der Waals surface area contributed by atoms with Crippen molar-refractivity contribution in [1.82, 2.24) is 4.72 Å². The molecule has 4 nitrogen and oxygen atoms in total. The first kappa shape index (κ1) is 16.6. The maximum Gasteiger partial charge on any atom is 0.241 e. The van der Waals surface area contributed by atoms with Crippen LogP contribution in [0.5, 0.6) is 0 Å². The molecule has 0 bridgehead atoms. The summed E-state index contributed by atoms with van der Waals surface area (Å²) in [5.41, 5.74) is 0. The smallest absolute Gasteiger partial charge is 0.241 e. The average molecular weight is 305 g/mol. The highest BCUT2D eigenvalue weighted by Gasteiger charge is 2.20. The van der Waals surface area contributed by atoms with Gasteiger partial charge in [0, 0.05) is 22.9 Å². The molecular weight excluding hydrogens is 282 g/mol. The van der Waals surface area contributed by atoms with Gasteiger partial charge in [-0.15, -0.1) is 11.3 Å². The van der Waals surface area contributed by atoms with Gasteiger partial charge >= 0.3 is 0 Å². The molecule has 2 N–H and O–H groups in total. The standard InChI is InChI=1S/C13H23NO3S2/c1-4-5-12(6-7-15)9-14-19(16,17)13-8-10(2)18-11(13)3/h8,12,14-15H,4-7,9H2,1-3H3. The van der Waals surface area contributed by atoms with E-state index < -0.39 is 10.0 Å². The Bertz CT molecular complexity index is 488. The van der Waals surface area contributed by atoms with Crippen LogP contribution in [0.3, 0.4) is 0 Å². The molecule has 0 fully saturated rings. The molecule has 1 atom stereocenters. The number of thiophene rings is 1. The van der Waals surface area contributed by atoms with Crippen LogP contribution < -0.4 is 4.72 Å². The monoisotopic (exact) mass is 305 g/mol. The quantitative estimate of drug-likeness (QED) is 0.775. The van der Waals surface area contributed by atoms with E-state index in [1.165, 1.54) is 11.3 Å². The van der Waals surface area contributed by atoms with E-state index in [2.05, 4.69) is 11.6 Å². The van der Waals surface area contributed by atoms with Crippen molar-refractivity contribution >= 4 is 21.4 Å². The zero-order chi connectivity index (χ0) is 14.5. The lowest BCUT2D eigenvalue weighted by atomic mass is 10.0. The summed E-state index contributed by atoms with van der Waals surface area (Å²) in [5, 5.41) is 8.98. The van der Waals surface area contributed by atoms with Gasteiger partial charge in [-0.3, -0.25) is 0 Å². The van der Waals surface area contributed by atoms with Crippen LogP contribution in [-0.2, 0) is 10.0 Å². The van der Waals surface area contributed by atoms with Crippen LogP contribution in [0, 0.1) is 19.8 Å². The molecule has 0 saturated heterocycles. The van der Waals surface area contributed by atoms with Crippen LogP contribution in [-0.4, -0.2) is 26.7 Å². The minimum absolute atomic E-state index is 0.100.